The molecule has 30 heavy (non-hydrogen) atoms. The van der Waals surface area contributed by atoms with Crippen LogP contribution in [0, 0.1) is 10.1 Å². The second-order valence-electron chi connectivity index (χ2n) is 6.29. The lowest BCUT2D eigenvalue weighted by Crippen LogP contribution is -2.16. The van der Waals surface area contributed by atoms with Crippen molar-refractivity contribution in [1.82, 2.24) is 9.97 Å². The number of nitro benzene ring substituents is 1. The van der Waals surface area contributed by atoms with Crippen LogP contribution >= 0.6 is 0 Å². The molecule has 0 aliphatic rings. The molecule has 0 fully saturated rings. The molecule has 0 aliphatic carbocycles. The number of non-ortho nitro benzene ring substituents is 1. The maximum atomic E-state index is 11.6. The molecule has 4 aromatic rings. The Bertz CT molecular complexity index is 1260. The smallest absolute Gasteiger partial charge is 0.286 e. The number of primary amides is 1. The maximum Gasteiger partial charge on any atom is 0.286 e. The fourth-order valence-corrected chi connectivity index (χ4v) is 2.86. The molecule has 3 N–H and O–H groups in total. The van der Waals surface area contributed by atoms with Gasteiger partial charge in [0.2, 0.25) is 5.82 Å². The van der Waals surface area contributed by atoms with Gasteiger partial charge in [-0.15, -0.1) is 0 Å². The Kier molecular flexibility index (Phi) is 4.92. The number of anilines is 2. The number of benzene rings is 3. The van der Waals surface area contributed by atoms with Crippen molar-refractivity contribution < 1.29 is 14.5 Å². The molecular weight excluding hydrogens is 386 g/mol. The number of amides is 1. The first-order valence-corrected chi connectivity index (χ1v) is 8.85. The molecule has 1 amide bonds. The first kappa shape index (κ1) is 18.8. The standard InChI is InChI=1S/C21H15N5O4/c22-19(27)21-24-18-9-5-4-8-17(18)20(25-21)23-13-10-14(26(28)29)12-16(11-13)30-15-6-2-1-3-7-15/h1-12H,(H2,22,27)(H,23,24,25). The van der Waals surface area contributed by atoms with Gasteiger partial charge >= 0.3 is 0 Å². The number of aromatic nitrogens is 2. The van der Waals surface area contributed by atoms with Crippen molar-refractivity contribution in [2.24, 2.45) is 5.73 Å². The molecule has 0 atom stereocenters. The second-order valence-corrected chi connectivity index (χ2v) is 6.29. The number of nitro groups is 1. The summed E-state index contributed by atoms with van der Waals surface area (Å²) in [6.45, 7) is 0. The highest BCUT2D eigenvalue weighted by Crippen LogP contribution is 2.32. The molecular formula is C21H15N5O4. The topological polar surface area (TPSA) is 133 Å². The largest absolute Gasteiger partial charge is 0.457 e. The van der Waals surface area contributed by atoms with E-state index in [4.69, 9.17) is 10.5 Å². The van der Waals surface area contributed by atoms with Gasteiger partial charge in [0, 0.05) is 17.5 Å². The third-order valence-corrected chi connectivity index (χ3v) is 4.17. The van der Waals surface area contributed by atoms with Crippen LogP contribution in [0.1, 0.15) is 10.6 Å². The van der Waals surface area contributed by atoms with Gasteiger partial charge in [0.25, 0.3) is 11.6 Å². The average Bonchev–Trinajstić information content (AvgIpc) is 2.74. The van der Waals surface area contributed by atoms with Crippen LogP contribution in [0.2, 0.25) is 0 Å². The molecule has 9 nitrogen and oxygen atoms in total. The zero-order valence-corrected chi connectivity index (χ0v) is 15.5. The average molecular weight is 401 g/mol. The van der Waals surface area contributed by atoms with E-state index in [9.17, 15) is 14.9 Å². The van der Waals surface area contributed by atoms with Gasteiger partial charge in [-0.3, -0.25) is 14.9 Å². The van der Waals surface area contributed by atoms with Crippen LogP contribution in [0.5, 0.6) is 11.5 Å². The summed E-state index contributed by atoms with van der Waals surface area (Å²) in [5, 5.41) is 15.0. The monoisotopic (exact) mass is 401 g/mol. The Balaban J connectivity index is 1.77. The summed E-state index contributed by atoms with van der Waals surface area (Å²) in [5.74, 6) is 0.151. The summed E-state index contributed by atoms with van der Waals surface area (Å²) in [6, 6.07) is 20.2. The Morgan fingerprint density at radius 1 is 0.967 bits per heavy atom. The van der Waals surface area contributed by atoms with Crippen molar-refractivity contribution in [2.45, 2.75) is 0 Å². The van der Waals surface area contributed by atoms with Gasteiger partial charge in [0.05, 0.1) is 22.2 Å². The summed E-state index contributed by atoms with van der Waals surface area (Å²) in [4.78, 5) is 30.8. The lowest BCUT2D eigenvalue weighted by Gasteiger charge is -2.12. The third kappa shape index (κ3) is 3.99. The number of ether oxygens (including phenoxy) is 1. The van der Waals surface area contributed by atoms with Crippen LogP contribution in [0.3, 0.4) is 0 Å². The molecule has 0 saturated heterocycles. The van der Waals surface area contributed by atoms with Crippen molar-refractivity contribution in [3.8, 4) is 11.5 Å². The molecule has 0 saturated carbocycles. The van der Waals surface area contributed by atoms with E-state index in [0.29, 0.717) is 28.2 Å². The lowest BCUT2D eigenvalue weighted by molar-refractivity contribution is -0.384. The fourth-order valence-electron chi connectivity index (χ4n) is 2.86. The van der Waals surface area contributed by atoms with Crippen molar-refractivity contribution in [1.29, 1.82) is 0 Å². The van der Waals surface area contributed by atoms with E-state index in [2.05, 4.69) is 15.3 Å². The van der Waals surface area contributed by atoms with Crippen LogP contribution in [-0.2, 0) is 0 Å². The Hall–Kier alpha value is -4.53. The van der Waals surface area contributed by atoms with Gasteiger partial charge < -0.3 is 15.8 Å². The second kappa shape index (κ2) is 7.84. The van der Waals surface area contributed by atoms with E-state index in [-0.39, 0.29) is 17.3 Å². The van der Waals surface area contributed by atoms with Gasteiger partial charge in [0.1, 0.15) is 17.3 Å². The van der Waals surface area contributed by atoms with Crippen molar-refractivity contribution in [3.63, 3.8) is 0 Å². The van der Waals surface area contributed by atoms with Crippen molar-refractivity contribution in [3.05, 3.63) is 88.7 Å². The lowest BCUT2D eigenvalue weighted by atomic mass is 10.2. The number of carbonyl (C=O) groups excluding carboxylic acids is 1. The first-order valence-electron chi connectivity index (χ1n) is 8.85. The van der Waals surface area contributed by atoms with Crippen LogP contribution in [0.4, 0.5) is 17.2 Å². The van der Waals surface area contributed by atoms with Crippen LogP contribution < -0.4 is 15.8 Å². The maximum absolute atomic E-state index is 11.6. The number of para-hydroxylation sites is 2. The van der Waals surface area contributed by atoms with Crippen molar-refractivity contribution >= 4 is 34.0 Å². The normalized spacial score (nSPS) is 10.5. The number of nitrogens with zero attached hydrogens (tertiary/aromatic N) is 3. The quantitative estimate of drug-likeness (QED) is 0.366. The zero-order valence-electron chi connectivity index (χ0n) is 15.5. The van der Waals surface area contributed by atoms with E-state index in [1.807, 2.05) is 6.07 Å². The van der Waals surface area contributed by atoms with Crippen LogP contribution in [0.25, 0.3) is 10.9 Å². The predicted octanol–water partition coefficient (Wildman–Crippen LogP) is 4.17. The van der Waals surface area contributed by atoms with E-state index in [1.165, 1.54) is 12.1 Å². The molecule has 3 aromatic carbocycles. The molecule has 148 valence electrons. The number of nitrogens with two attached hydrogens (primary N) is 1. The summed E-state index contributed by atoms with van der Waals surface area (Å²) >= 11 is 0. The molecule has 1 aromatic heterocycles. The number of hydrogen-bond acceptors (Lipinski definition) is 7. The van der Waals surface area contributed by atoms with E-state index in [0.717, 1.165) is 0 Å². The molecule has 0 bridgehead atoms. The van der Waals surface area contributed by atoms with Gasteiger partial charge in [-0.1, -0.05) is 30.3 Å². The van der Waals surface area contributed by atoms with Gasteiger partial charge in [-0.25, -0.2) is 9.97 Å². The minimum atomic E-state index is -0.782. The summed E-state index contributed by atoms with van der Waals surface area (Å²) in [6.07, 6.45) is 0. The van der Waals surface area contributed by atoms with Gasteiger partial charge in [-0.05, 0) is 24.3 Å². The van der Waals surface area contributed by atoms with Crippen LogP contribution in [-0.4, -0.2) is 20.8 Å². The summed E-state index contributed by atoms with van der Waals surface area (Å²) in [5.41, 5.74) is 6.04. The molecule has 9 heteroatoms. The number of nitrogens with one attached hydrogen (secondary N) is 1. The Morgan fingerprint density at radius 2 is 1.70 bits per heavy atom. The molecule has 0 radical (unpaired) electrons. The third-order valence-electron chi connectivity index (χ3n) is 4.17. The highest BCUT2D eigenvalue weighted by atomic mass is 16.6. The van der Waals surface area contributed by atoms with E-state index < -0.39 is 10.8 Å². The zero-order chi connectivity index (χ0) is 21.1. The number of carbonyl (C=O) groups is 1. The Morgan fingerprint density at radius 3 is 2.43 bits per heavy atom. The molecule has 0 unspecified atom stereocenters. The molecule has 4 rings (SSSR count). The fraction of sp³-hybridized carbons (Fsp3) is 0. The number of rotatable bonds is 6. The minimum absolute atomic E-state index is 0.164. The van der Waals surface area contributed by atoms with E-state index >= 15 is 0 Å². The first-order chi connectivity index (χ1) is 14.5. The van der Waals surface area contributed by atoms with Crippen LogP contribution in [0.15, 0.2) is 72.8 Å². The summed E-state index contributed by atoms with van der Waals surface area (Å²) in [7, 11) is 0. The predicted molar refractivity (Wildman–Crippen MR) is 111 cm³/mol. The summed E-state index contributed by atoms with van der Waals surface area (Å²) < 4.78 is 5.75. The van der Waals surface area contributed by atoms with Gasteiger partial charge in [-0.2, -0.15) is 0 Å². The van der Waals surface area contributed by atoms with Crippen molar-refractivity contribution in [2.75, 3.05) is 5.32 Å². The molecule has 0 spiro atoms. The number of hydrogen-bond donors (Lipinski definition) is 2. The highest BCUT2D eigenvalue weighted by Gasteiger charge is 2.15. The SMILES string of the molecule is NC(=O)c1nc(Nc2cc(Oc3ccccc3)cc([N+](=O)[O-])c2)c2ccccc2n1. The molecule has 0 aliphatic heterocycles. The highest BCUT2D eigenvalue weighted by molar-refractivity contribution is 5.96. The van der Waals surface area contributed by atoms with E-state index in [1.54, 1.807) is 54.6 Å². The molecule has 1 heterocycles. The minimum Gasteiger partial charge on any atom is -0.457 e. The van der Waals surface area contributed by atoms with Gasteiger partial charge in [0.15, 0.2) is 0 Å². The Labute approximate surface area is 170 Å². The number of fused-ring (bicyclic) bond motifs is 1.